The summed E-state index contributed by atoms with van der Waals surface area (Å²) in [5, 5.41) is 2.84. The van der Waals surface area contributed by atoms with Gasteiger partial charge in [0.15, 0.2) is 0 Å². The van der Waals surface area contributed by atoms with Crippen LogP contribution in [0.1, 0.15) is 29.8 Å². The molecule has 144 valence electrons. The zero-order valence-electron chi connectivity index (χ0n) is 15.0. The number of nitrogens with zero attached hydrogens (tertiary/aromatic N) is 2. The Kier molecular flexibility index (Phi) is 5.36. The summed E-state index contributed by atoms with van der Waals surface area (Å²) in [6.07, 6.45) is -3.14. The van der Waals surface area contributed by atoms with Gasteiger partial charge in [0.05, 0.1) is 23.3 Å². The summed E-state index contributed by atoms with van der Waals surface area (Å²) < 4.78 is 44.4. The van der Waals surface area contributed by atoms with Crippen LogP contribution in [0, 0.1) is 0 Å². The van der Waals surface area contributed by atoms with Gasteiger partial charge < -0.3 is 15.0 Å². The van der Waals surface area contributed by atoms with Crippen molar-refractivity contribution in [2.75, 3.05) is 18.4 Å². The zero-order chi connectivity index (χ0) is 19.6. The molecule has 8 heteroatoms. The molecule has 27 heavy (non-hydrogen) atoms. The van der Waals surface area contributed by atoms with Gasteiger partial charge in [-0.3, -0.25) is 4.79 Å². The molecular weight excluding hydrogens is 359 g/mol. The molecular formula is C19H20F3N3O2. The fraction of sp³-hybridized carbons (Fsp3) is 0.368. The van der Waals surface area contributed by atoms with Gasteiger partial charge in [-0.1, -0.05) is 6.07 Å². The predicted octanol–water partition coefficient (Wildman–Crippen LogP) is 4.09. The number of alkyl halides is 3. The van der Waals surface area contributed by atoms with Crippen molar-refractivity contribution in [2.45, 2.75) is 32.2 Å². The molecule has 0 bridgehead atoms. The van der Waals surface area contributed by atoms with E-state index >= 15 is 0 Å². The van der Waals surface area contributed by atoms with Crippen LogP contribution in [0.5, 0.6) is 0 Å². The second kappa shape index (κ2) is 7.56. The molecule has 1 aromatic heterocycles. The molecule has 1 N–H and O–H groups in total. The number of pyridine rings is 1. The Balaban J connectivity index is 1.85. The maximum absolute atomic E-state index is 12.9. The molecule has 1 aromatic carbocycles. The summed E-state index contributed by atoms with van der Waals surface area (Å²) in [6.45, 7) is 4.67. The number of rotatable bonds is 3. The number of carbonyl (C=O) groups excluding carboxylic acids is 1. The molecule has 0 aliphatic carbocycles. The molecule has 1 aliphatic rings. The van der Waals surface area contributed by atoms with Crippen LogP contribution < -0.4 is 5.32 Å². The number of hydrogen-bond donors (Lipinski definition) is 1. The monoisotopic (exact) mass is 379 g/mol. The fourth-order valence-corrected chi connectivity index (χ4v) is 3.10. The van der Waals surface area contributed by atoms with Crippen molar-refractivity contribution < 1.29 is 22.7 Å². The van der Waals surface area contributed by atoms with Gasteiger partial charge in [0, 0.05) is 25.0 Å². The highest BCUT2D eigenvalue weighted by Crippen LogP contribution is 2.31. The second-order valence-corrected chi connectivity index (χ2v) is 6.57. The van der Waals surface area contributed by atoms with Crippen LogP contribution in [-0.2, 0) is 10.9 Å². The minimum atomic E-state index is -4.44. The van der Waals surface area contributed by atoms with E-state index in [4.69, 9.17) is 4.74 Å². The van der Waals surface area contributed by atoms with E-state index in [-0.39, 0.29) is 29.6 Å². The predicted molar refractivity (Wildman–Crippen MR) is 94.9 cm³/mol. The van der Waals surface area contributed by atoms with Crippen LogP contribution in [0.25, 0.3) is 0 Å². The Hall–Kier alpha value is -2.61. The van der Waals surface area contributed by atoms with E-state index in [0.717, 1.165) is 12.1 Å². The zero-order valence-corrected chi connectivity index (χ0v) is 15.0. The molecule has 1 fully saturated rings. The Morgan fingerprint density at radius 2 is 1.89 bits per heavy atom. The second-order valence-electron chi connectivity index (χ2n) is 6.57. The Morgan fingerprint density at radius 3 is 2.56 bits per heavy atom. The number of morpholine rings is 1. The first-order chi connectivity index (χ1) is 12.7. The SMILES string of the molecule is CC1CN(C(=O)c2cccnc2Nc2cccc(C(F)(F)F)c2)CC(C)O1. The number of carbonyl (C=O) groups is 1. The number of ether oxygens (including phenoxy) is 1. The molecule has 5 nitrogen and oxygen atoms in total. The van der Waals surface area contributed by atoms with Gasteiger partial charge >= 0.3 is 6.18 Å². The van der Waals surface area contributed by atoms with E-state index < -0.39 is 11.7 Å². The maximum atomic E-state index is 12.9. The van der Waals surface area contributed by atoms with E-state index in [0.29, 0.717) is 18.7 Å². The molecule has 2 unspecified atom stereocenters. The lowest BCUT2D eigenvalue weighted by Crippen LogP contribution is -2.48. The van der Waals surface area contributed by atoms with Gasteiger partial charge in [0.1, 0.15) is 5.82 Å². The molecule has 0 saturated carbocycles. The van der Waals surface area contributed by atoms with Gasteiger partial charge in [-0.2, -0.15) is 13.2 Å². The minimum absolute atomic E-state index is 0.0887. The summed E-state index contributed by atoms with van der Waals surface area (Å²) in [5.41, 5.74) is -0.260. The van der Waals surface area contributed by atoms with Crippen molar-refractivity contribution >= 4 is 17.4 Å². The topological polar surface area (TPSA) is 54.5 Å². The van der Waals surface area contributed by atoms with Crippen molar-refractivity contribution in [3.05, 3.63) is 53.7 Å². The Bertz CT molecular complexity index is 816. The fourth-order valence-electron chi connectivity index (χ4n) is 3.10. The molecule has 2 aromatic rings. The minimum Gasteiger partial charge on any atom is -0.372 e. The number of halogens is 3. The van der Waals surface area contributed by atoms with Crippen LogP contribution in [0.2, 0.25) is 0 Å². The maximum Gasteiger partial charge on any atom is 0.416 e. The molecule has 1 saturated heterocycles. The van der Waals surface area contributed by atoms with E-state index in [1.165, 1.54) is 18.3 Å². The van der Waals surface area contributed by atoms with Crippen molar-refractivity contribution in [1.82, 2.24) is 9.88 Å². The molecule has 2 heterocycles. The van der Waals surface area contributed by atoms with E-state index in [9.17, 15) is 18.0 Å². The normalized spacial score (nSPS) is 20.4. The van der Waals surface area contributed by atoms with Crippen molar-refractivity contribution in [3.63, 3.8) is 0 Å². The van der Waals surface area contributed by atoms with Crippen LogP contribution in [0.4, 0.5) is 24.7 Å². The highest BCUT2D eigenvalue weighted by Gasteiger charge is 2.31. The smallest absolute Gasteiger partial charge is 0.372 e. The summed E-state index contributed by atoms with van der Waals surface area (Å²) in [4.78, 5) is 18.8. The standard InChI is InChI=1S/C19H20F3N3O2/c1-12-10-25(11-13(2)27-12)18(26)16-7-4-8-23-17(16)24-15-6-3-5-14(9-15)19(20,21)22/h3-9,12-13H,10-11H2,1-2H3,(H,23,24). The molecule has 1 amide bonds. The van der Waals surface area contributed by atoms with Crippen LogP contribution in [0.3, 0.4) is 0 Å². The van der Waals surface area contributed by atoms with Crippen molar-refractivity contribution in [2.24, 2.45) is 0 Å². The lowest BCUT2D eigenvalue weighted by molar-refractivity contribution is -0.137. The van der Waals surface area contributed by atoms with Crippen LogP contribution in [0.15, 0.2) is 42.6 Å². The summed E-state index contributed by atoms with van der Waals surface area (Å²) in [5.74, 6) is -0.0202. The first-order valence-corrected chi connectivity index (χ1v) is 8.58. The summed E-state index contributed by atoms with van der Waals surface area (Å²) in [7, 11) is 0. The van der Waals surface area contributed by atoms with Gasteiger partial charge in [0.25, 0.3) is 5.91 Å². The Labute approximate surface area is 155 Å². The average Bonchev–Trinajstić information content (AvgIpc) is 2.60. The number of benzene rings is 1. The molecule has 2 atom stereocenters. The quantitative estimate of drug-likeness (QED) is 0.873. The van der Waals surface area contributed by atoms with Gasteiger partial charge in [-0.05, 0) is 44.2 Å². The number of aromatic nitrogens is 1. The number of hydrogen-bond acceptors (Lipinski definition) is 4. The van der Waals surface area contributed by atoms with Crippen LogP contribution >= 0.6 is 0 Å². The van der Waals surface area contributed by atoms with Gasteiger partial charge in [0.2, 0.25) is 0 Å². The first-order valence-electron chi connectivity index (χ1n) is 8.58. The third-order valence-electron chi connectivity index (χ3n) is 4.20. The highest BCUT2D eigenvalue weighted by atomic mass is 19.4. The third-order valence-corrected chi connectivity index (χ3v) is 4.20. The number of anilines is 2. The van der Waals surface area contributed by atoms with E-state index in [1.54, 1.807) is 17.0 Å². The van der Waals surface area contributed by atoms with Crippen molar-refractivity contribution in [3.8, 4) is 0 Å². The lowest BCUT2D eigenvalue weighted by atomic mass is 10.1. The Morgan fingerprint density at radius 1 is 1.19 bits per heavy atom. The van der Waals surface area contributed by atoms with Crippen LogP contribution in [-0.4, -0.2) is 41.1 Å². The van der Waals surface area contributed by atoms with E-state index in [1.807, 2.05) is 13.8 Å². The first kappa shape index (κ1) is 19.2. The summed E-state index contributed by atoms with van der Waals surface area (Å²) >= 11 is 0. The average molecular weight is 379 g/mol. The number of amides is 1. The third kappa shape index (κ3) is 4.57. The highest BCUT2D eigenvalue weighted by molar-refractivity contribution is 5.99. The largest absolute Gasteiger partial charge is 0.416 e. The van der Waals surface area contributed by atoms with Gasteiger partial charge in [-0.15, -0.1) is 0 Å². The van der Waals surface area contributed by atoms with Crippen molar-refractivity contribution in [1.29, 1.82) is 0 Å². The van der Waals surface area contributed by atoms with Gasteiger partial charge in [-0.25, -0.2) is 4.98 Å². The van der Waals surface area contributed by atoms with E-state index in [2.05, 4.69) is 10.3 Å². The molecule has 3 rings (SSSR count). The summed E-state index contributed by atoms with van der Waals surface area (Å²) in [6, 6.07) is 8.01. The molecule has 0 spiro atoms. The molecule has 1 aliphatic heterocycles. The lowest BCUT2D eigenvalue weighted by Gasteiger charge is -2.35. The number of nitrogens with one attached hydrogen (secondary N) is 1. The molecule has 0 radical (unpaired) electrons.